The monoisotopic (exact) mass is 362 g/mol. The maximum Gasteiger partial charge on any atom is 0.263 e. The first-order valence-corrected chi connectivity index (χ1v) is 8.42. The van der Waals surface area contributed by atoms with Gasteiger partial charge in [0.15, 0.2) is 5.13 Å². The second kappa shape index (κ2) is 5.58. The minimum atomic E-state index is -3.71. The Morgan fingerprint density at radius 3 is 2.79 bits per heavy atom. The van der Waals surface area contributed by atoms with Crippen LogP contribution in [0, 0.1) is 6.92 Å². The number of aliphatic hydroxyl groups is 1. The summed E-state index contributed by atoms with van der Waals surface area (Å²) in [6, 6.07) is 3.15. The average molecular weight is 363 g/mol. The molecule has 0 spiro atoms. The Morgan fingerprint density at radius 1 is 1.47 bits per heavy atom. The molecule has 8 heteroatoms. The van der Waals surface area contributed by atoms with E-state index in [2.05, 4.69) is 25.6 Å². The molecule has 1 aromatic heterocycles. The fourth-order valence-electron chi connectivity index (χ4n) is 1.52. The van der Waals surface area contributed by atoms with Crippen LogP contribution in [0.15, 0.2) is 33.1 Å². The van der Waals surface area contributed by atoms with E-state index in [4.69, 9.17) is 5.11 Å². The predicted molar refractivity (Wildman–Crippen MR) is 77.7 cm³/mol. The van der Waals surface area contributed by atoms with Crippen molar-refractivity contribution < 1.29 is 13.5 Å². The topological polar surface area (TPSA) is 79.3 Å². The second-order valence-electron chi connectivity index (χ2n) is 3.80. The summed E-state index contributed by atoms with van der Waals surface area (Å²) < 4.78 is 27.6. The molecule has 102 valence electrons. The van der Waals surface area contributed by atoms with E-state index in [1.807, 2.05) is 0 Å². The van der Waals surface area contributed by atoms with Crippen LogP contribution in [0.5, 0.6) is 0 Å². The highest BCUT2D eigenvalue weighted by atomic mass is 79.9. The van der Waals surface area contributed by atoms with Crippen molar-refractivity contribution in [2.24, 2.45) is 0 Å². The Labute approximate surface area is 123 Å². The van der Waals surface area contributed by atoms with Gasteiger partial charge in [0.25, 0.3) is 10.0 Å². The maximum absolute atomic E-state index is 12.3. The van der Waals surface area contributed by atoms with Crippen molar-refractivity contribution in [1.82, 2.24) is 4.98 Å². The number of nitrogens with one attached hydrogen (secondary N) is 1. The zero-order valence-corrected chi connectivity index (χ0v) is 13.1. The molecule has 2 N–H and O–H groups in total. The van der Waals surface area contributed by atoms with Crippen LogP contribution in [0.4, 0.5) is 5.13 Å². The Morgan fingerprint density at radius 2 is 2.21 bits per heavy atom. The van der Waals surface area contributed by atoms with Gasteiger partial charge in [0.2, 0.25) is 0 Å². The van der Waals surface area contributed by atoms with Crippen molar-refractivity contribution in [3.8, 4) is 0 Å². The molecule has 0 aliphatic heterocycles. The number of hydrogen-bond acceptors (Lipinski definition) is 5. The largest absolute Gasteiger partial charge is 0.392 e. The van der Waals surface area contributed by atoms with Crippen molar-refractivity contribution in [1.29, 1.82) is 0 Å². The molecular weight excluding hydrogens is 352 g/mol. The first-order chi connectivity index (χ1) is 8.94. The molecule has 0 bridgehead atoms. The summed E-state index contributed by atoms with van der Waals surface area (Å²) in [5, 5.41) is 11.1. The third-order valence-corrected chi connectivity index (χ3v) is 5.59. The molecule has 2 rings (SSSR count). The van der Waals surface area contributed by atoms with E-state index < -0.39 is 10.0 Å². The van der Waals surface area contributed by atoms with Crippen LogP contribution in [0.3, 0.4) is 0 Å². The molecular formula is C11H11BrN2O3S2. The third-order valence-electron chi connectivity index (χ3n) is 2.48. The van der Waals surface area contributed by atoms with Gasteiger partial charge in [-0.05, 0) is 30.2 Å². The van der Waals surface area contributed by atoms with Crippen LogP contribution in [-0.4, -0.2) is 18.5 Å². The van der Waals surface area contributed by atoms with Gasteiger partial charge in [0, 0.05) is 16.0 Å². The molecule has 19 heavy (non-hydrogen) atoms. The van der Waals surface area contributed by atoms with E-state index >= 15 is 0 Å². The van der Waals surface area contributed by atoms with E-state index in [0.29, 0.717) is 20.7 Å². The van der Waals surface area contributed by atoms with Crippen LogP contribution >= 0.6 is 27.3 Å². The number of hydrogen-bond donors (Lipinski definition) is 2. The summed E-state index contributed by atoms with van der Waals surface area (Å²) in [5.41, 5.74) is 1.11. The summed E-state index contributed by atoms with van der Waals surface area (Å²) in [6.07, 6.45) is 1.52. The SMILES string of the molecule is Cc1c(Br)cc(CO)cc1S(=O)(=O)Nc1nccs1. The molecule has 0 fully saturated rings. The molecule has 0 unspecified atom stereocenters. The number of aliphatic hydroxyl groups excluding tert-OH is 1. The molecule has 0 saturated carbocycles. The van der Waals surface area contributed by atoms with Crippen LogP contribution in [0.1, 0.15) is 11.1 Å². The highest BCUT2D eigenvalue weighted by Crippen LogP contribution is 2.27. The molecule has 1 heterocycles. The molecule has 0 saturated heterocycles. The Bertz CT molecular complexity index is 684. The van der Waals surface area contributed by atoms with Gasteiger partial charge in [-0.2, -0.15) is 0 Å². The van der Waals surface area contributed by atoms with Crippen LogP contribution < -0.4 is 4.72 Å². The van der Waals surface area contributed by atoms with Gasteiger partial charge in [0.05, 0.1) is 11.5 Å². The quantitative estimate of drug-likeness (QED) is 0.875. The first kappa shape index (κ1) is 14.4. The minimum Gasteiger partial charge on any atom is -0.392 e. The fraction of sp³-hybridized carbons (Fsp3) is 0.182. The van der Waals surface area contributed by atoms with Gasteiger partial charge in [-0.15, -0.1) is 11.3 Å². The van der Waals surface area contributed by atoms with E-state index in [0.717, 1.165) is 0 Å². The number of sulfonamides is 1. The van der Waals surface area contributed by atoms with Crippen LogP contribution in [0.2, 0.25) is 0 Å². The van der Waals surface area contributed by atoms with E-state index in [1.165, 1.54) is 23.6 Å². The molecule has 0 aliphatic carbocycles. The summed E-state index contributed by atoms with van der Waals surface area (Å²) in [7, 11) is -3.71. The molecule has 5 nitrogen and oxygen atoms in total. The first-order valence-electron chi connectivity index (χ1n) is 5.26. The molecule has 0 amide bonds. The smallest absolute Gasteiger partial charge is 0.263 e. The predicted octanol–water partition coefficient (Wildman–Crippen LogP) is 2.51. The second-order valence-corrected chi connectivity index (χ2v) is 7.20. The van der Waals surface area contributed by atoms with Crippen molar-refractivity contribution >= 4 is 42.4 Å². The van der Waals surface area contributed by atoms with Crippen molar-refractivity contribution in [2.45, 2.75) is 18.4 Å². The van der Waals surface area contributed by atoms with Crippen molar-refractivity contribution in [3.05, 3.63) is 39.3 Å². The van der Waals surface area contributed by atoms with Gasteiger partial charge in [-0.25, -0.2) is 13.4 Å². The lowest BCUT2D eigenvalue weighted by Gasteiger charge is -2.11. The summed E-state index contributed by atoms with van der Waals surface area (Å²) >= 11 is 4.49. The van der Waals surface area contributed by atoms with Gasteiger partial charge in [0.1, 0.15) is 0 Å². The summed E-state index contributed by atoms with van der Waals surface area (Å²) in [4.78, 5) is 4.01. The van der Waals surface area contributed by atoms with Crippen LogP contribution in [0.25, 0.3) is 0 Å². The van der Waals surface area contributed by atoms with Gasteiger partial charge in [-0.1, -0.05) is 15.9 Å². The standard InChI is InChI=1S/C11H11BrN2O3S2/c1-7-9(12)4-8(6-15)5-10(7)19(16,17)14-11-13-2-3-18-11/h2-5,15H,6H2,1H3,(H,13,14). The lowest BCUT2D eigenvalue weighted by molar-refractivity contribution is 0.281. The zero-order chi connectivity index (χ0) is 14.0. The normalized spacial score (nSPS) is 11.5. The summed E-state index contributed by atoms with van der Waals surface area (Å²) in [5.74, 6) is 0. The Hall–Kier alpha value is -0.960. The van der Waals surface area contributed by atoms with Crippen LogP contribution in [-0.2, 0) is 16.6 Å². The Balaban J connectivity index is 2.48. The number of rotatable bonds is 4. The summed E-state index contributed by atoms with van der Waals surface area (Å²) in [6.45, 7) is 1.47. The van der Waals surface area contributed by atoms with Gasteiger partial charge < -0.3 is 5.11 Å². The lowest BCUT2D eigenvalue weighted by Crippen LogP contribution is -2.14. The van der Waals surface area contributed by atoms with Crippen molar-refractivity contribution in [3.63, 3.8) is 0 Å². The minimum absolute atomic E-state index is 0.126. The number of nitrogens with zero attached hydrogens (tertiary/aromatic N) is 1. The van der Waals surface area contributed by atoms with E-state index in [9.17, 15) is 8.42 Å². The number of anilines is 1. The average Bonchev–Trinajstić information content (AvgIpc) is 2.84. The van der Waals surface area contributed by atoms with Crippen molar-refractivity contribution in [2.75, 3.05) is 4.72 Å². The third kappa shape index (κ3) is 3.14. The van der Waals surface area contributed by atoms with E-state index in [-0.39, 0.29) is 11.5 Å². The number of halogens is 1. The van der Waals surface area contributed by atoms with E-state index in [1.54, 1.807) is 18.4 Å². The lowest BCUT2D eigenvalue weighted by atomic mass is 10.2. The molecule has 2 aromatic rings. The number of thiazole rings is 1. The fourth-order valence-corrected chi connectivity index (χ4v) is 4.27. The highest BCUT2D eigenvalue weighted by Gasteiger charge is 2.20. The van der Waals surface area contributed by atoms with Gasteiger partial charge in [-0.3, -0.25) is 4.72 Å². The molecule has 0 radical (unpaired) electrons. The molecule has 1 aromatic carbocycles. The van der Waals surface area contributed by atoms with Gasteiger partial charge >= 0.3 is 0 Å². The maximum atomic E-state index is 12.3. The number of aromatic nitrogens is 1. The number of benzene rings is 1. The molecule has 0 aliphatic rings. The molecule has 0 atom stereocenters. The zero-order valence-electron chi connectivity index (χ0n) is 9.92. The Kier molecular flexibility index (Phi) is 4.24. The highest BCUT2D eigenvalue weighted by molar-refractivity contribution is 9.10.